The molecule has 0 fully saturated rings. The summed E-state index contributed by atoms with van der Waals surface area (Å²) >= 11 is 5.89. The van der Waals surface area contributed by atoms with E-state index in [2.05, 4.69) is 4.98 Å². The van der Waals surface area contributed by atoms with E-state index in [1.165, 1.54) is 0 Å². The standard InChI is InChI=1S/C13H13ClN2O/c1-9-7-11(14)4-5-12(9)17-13-10(8-15)3-2-6-16-13/h2-7H,8,15H2,1H3. The van der Waals surface area contributed by atoms with Crippen molar-refractivity contribution < 1.29 is 4.74 Å². The van der Waals surface area contributed by atoms with Crippen LogP contribution in [0.15, 0.2) is 36.5 Å². The van der Waals surface area contributed by atoms with Crippen LogP contribution < -0.4 is 10.5 Å². The molecule has 1 heterocycles. The summed E-state index contributed by atoms with van der Waals surface area (Å²) in [4.78, 5) is 4.17. The fourth-order valence-electron chi connectivity index (χ4n) is 1.50. The molecule has 4 heteroatoms. The monoisotopic (exact) mass is 248 g/mol. The van der Waals surface area contributed by atoms with Crippen molar-refractivity contribution in [1.29, 1.82) is 0 Å². The maximum Gasteiger partial charge on any atom is 0.223 e. The van der Waals surface area contributed by atoms with Crippen LogP contribution in [-0.2, 0) is 6.54 Å². The molecule has 0 atom stereocenters. The van der Waals surface area contributed by atoms with Gasteiger partial charge in [-0.2, -0.15) is 0 Å². The van der Waals surface area contributed by atoms with Crippen LogP contribution >= 0.6 is 11.6 Å². The summed E-state index contributed by atoms with van der Waals surface area (Å²) in [6, 6.07) is 9.20. The lowest BCUT2D eigenvalue weighted by Crippen LogP contribution is -2.01. The normalized spacial score (nSPS) is 10.3. The minimum atomic E-state index is 0.399. The van der Waals surface area contributed by atoms with Gasteiger partial charge in [0, 0.05) is 23.3 Å². The van der Waals surface area contributed by atoms with Gasteiger partial charge >= 0.3 is 0 Å². The Bertz CT molecular complexity index is 529. The lowest BCUT2D eigenvalue weighted by molar-refractivity contribution is 0.453. The first-order valence-corrected chi connectivity index (χ1v) is 5.66. The Morgan fingerprint density at radius 1 is 1.35 bits per heavy atom. The Morgan fingerprint density at radius 3 is 2.88 bits per heavy atom. The number of aromatic nitrogens is 1. The summed E-state index contributed by atoms with van der Waals surface area (Å²) in [6.07, 6.45) is 1.68. The van der Waals surface area contributed by atoms with E-state index in [-0.39, 0.29) is 0 Å². The molecule has 2 rings (SSSR count). The molecular formula is C13H13ClN2O. The van der Waals surface area contributed by atoms with E-state index in [0.29, 0.717) is 17.4 Å². The van der Waals surface area contributed by atoms with Gasteiger partial charge in [0.2, 0.25) is 5.88 Å². The van der Waals surface area contributed by atoms with Gasteiger partial charge in [-0.25, -0.2) is 4.98 Å². The number of pyridine rings is 1. The number of ether oxygens (including phenoxy) is 1. The van der Waals surface area contributed by atoms with Crippen molar-refractivity contribution in [3.05, 3.63) is 52.7 Å². The van der Waals surface area contributed by atoms with Crippen molar-refractivity contribution in [2.45, 2.75) is 13.5 Å². The zero-order chi connectivity index (χ0) is 12.3. The molecule has 1 aromatic heterocycles. The minimum absolute atomic E-state index is 0.399. The van der Waals surface area contributed by atoms with Crippen LogP contribution in [0.3, 0.4) is 0 Å². The summed E-state index contributed by atoms with van der Waals surface area (Å²) in [5.41, 5.74) is 7.47. The predicted octanol–water partition coefficient (Wildman–Crippen LogP) is 3.29. The summed E-state index contributed by atoms with van der Waals surface area (Å²) in [6.45, 7) is 2.34. The van der Waals surface area contributed by atoms with Gasteiger partial charge in [-0.15, -0.1) is 0 Å². The van der Waals surface area contributed by atoms with Gasteiger partial charge in [-0.1, -0.05) is 17.7 Å². The van der Waals surface area contributed by atoms with Gasteiger partial charge in [0.05, 0.1) is 0 Å². The van der Waals surface area contributed by atoms with Gasteiger partial charge in [-0.05, 0) is 36.8 Å². The third kappa shape index (κ3) is 2.75. The summed E-state index contributed by atoms with van der Waals surface area (Å²) in [7, 11) is 0. The van der Waals surface area contributed by atoms with Gasteiger partial charge < -0.3 is 10.5 Å². The SMILES string of the molecule is Cc1cc(Cl)ccc1Oc1ncccc1CN. The fourth-order valence-corrected chi connectivity index (χ4v) is 1.73. The highest BCUT2D eigenvalue weighted by atomic mass is 35.5. The summed E-state index contributed by atoms with van der Waals surface area (Å²) in [5.74, 6) is 1.28. The van der Waals surface area contributed by atoms with Gasteiger partial charge in [0.25, 0.3) is 0 Å². The number of hydrogen-bond donors (Lipinski definition) is 1. The van der Waals surface area contributed by atoms with E-state index >= 15 is 0 Å². The third-order valence-electron chi connectivity index (χ3n) is 2.41. The maximum atomic E-state index is 5.89. The number of nitrogens with two attached hydrogens (primary N) is 1. The molecule has 0 amide bonds. The first-order chi connectivity index (χ1) is 8.20. The predicted molar refractivity (Wildman–Crippen MR) is 68.4 cm³/mol. The highest BCUT2D eigenvalue weighted by Gasteiger charge is 2.06. The molecule has 17 heavy (non-hydrogen) atoms. The summed E-state index contributed by atoms with van der Waals surface area (Å²) < 4.78 is 5.74. The van der Waals surface area contributed by atoms with Gasteiger partial charge in [-0.3, -0.25) is 0 Å². The molecule has 88 valence electrons. The van der Waals surface area contributed by atoms with Crippen molar-refractivity contribution in [2.24, 2.45) is 5.73 Å². The van der Waals surface area contributed by atoms with Crippen molar-refractivity contribution >= 4 is 11.6 Å². The molecule has 0 saturated heterocycles. The smallest absolute Gasteiger partial charge is 0.223 e. The second kappa shape index (κ2) is 5.17. The molecule has 3 nitrogen and oxygen atoms in total. The quantitative estimate of drug-likeness (QED) is 0.907. The molecule has 0 aliphatic rings. The molecule has 0 bridgehead atoms. The Balaban J connectivity index is 2.31. The fraction of sp³-hybridized carbons (Fsp3) is 0.154. The Kier molecular flexibility index (Phi) is 3.61. The highest BCUT2D eigenvalue weighted by molar-refractivity contribution is 6.30. The molecule has 1 aromatic carbocycles. The largest absolute Gasteiger partial charge is 0.438 e. The Morgan fingerprint density at radius 2 is 2.18 bits per heavy atom. The summed E-state index contributed by atoms with van der Waals surface area (Å²) in [5, 5.41) is 0.690. The highest BCUT2D eigenvalue weighted by Crippen LogP contribution is 2.27. The topological polar surface area (TPSA) is 48.1 Å². The van der Waals surface area contributed by atoms with Crippen molar-refractivity contribution in [2.75, 3.05) is 0 Å². The zero-order valence-electron chi connectivity index (χ0n) is 9.48. The second-order valence-electron chi connectivity index (χ2n) is 3.68. The first-order valence-electron chi connectivity index (χ1n) is 5.28. The number of halogens is 1. The van der Waals surface area contributed by atoms with E-state index in [0.717, 1.165) is 16.9 Å². The maximum absolute atomic E-state index is 5.89. The van der Waals surface area contributed by atoms with E-state index < -0.39 is 0 Å². The molecule has 0 aliphatic carbocycles. The minimum Gasteiger partial charge on any atom is -0.438 e. The molecule has 0 unspecified atom stereocenters. The molecule has 0 radical (unpaired) electrons. The zero-order valence-corrected chi connectivity index (χ0v) is 10.2. The molecule has 0 saturated carbocycles. The Labute approximate surface area is 105 Å². The van der Waals surface area contributed by atoms with E-state index in [9.17, 15) is 0 Å². The third-order valence-corrected chi connectivity index (χ3v) is 2.65. The van der Waals surface area contributed by atoms with Crippen LogP contribution in [-0.4, -0.2) is 4.98 Å². The van der Waals surface area contributed by atoms with Crippen molar-refractivity contribution in [1.82, 2.24) is 4.98 Å². The van der Waals surface area contributed by atoms with Crippen LogP contribution in [0.1, 0.15) is 11.1 Å². The number of benzene rings is 1. The average molecular weight is 249 g/mol. The van der Waals surface area contributed by atoms with Crippen LogP contribution in [0.25, 0.3) is 0 Å². The van der Waals surface area contributed by atoms with Crippen LogP contribution in [0.2, 0.25) is 5.02 Å². The second-order valence-corrected chi connectivity index (χ2v) is 4.12. The number of rotatable bonds is 3. The van der Waals surface area contributed by atoms with Crippen molar-refractivity contribution in [3.8, 4) is 11.6 Å². The lowest BCUT2D eigenvalue weighted by atomic mass is 10.2. The average Bonchev–Trinajstić information content (AvgIpc) is 2.33. The van der Waals surface area contributed by atoms with Crippen molar-refractivity contribution in [3.63, 3.8) is 0 Å². The van der Waals surface area contributed by atoms with Gasteiger partial charge in [0.1, 0.15) is 5.75 Å². The van der Waals surface area contributed by atoms with E-state index in [4.69, 9.17) is 22.1 Å². The van der Waals surface area contributed by atoms with Crippen LogP contribution in [0, 0.1) is 6.92 Å². The number of aryl methyl sites for hydroxylation is 1. The molecule has 2 aromatic rings. The molecule has 2 N–H and O–H groups in total. The van der Waals surface area contributed by atoms with Crippen LogP contribution in [0.4, 0.5) is 0 Å². The number of nitrogens with zero attached hydrogens (tertiary/aromatic N) is 1. The van der Waals surface area contributed by atoms with E-state index in [1.807, 2.05) is 31.2 Å². The molecule has 0 spiro atoms. The molecule has 0 aliphatic heterocycles. The molecular weight excluding hydrogens is 236 g/mol. The Hall–Kier alpha value is -1.58. The van der Waals surface area contributed by atoms with Crippen LogP contribution in [0.5, 0.6) is 11.6 Å². The first kappa shape index (κ1) is 11.9. The van der Waals surface area contributed by atoms with Gasteiger partial charge in [0.15, 0.2) is 0 Å². The number of hydrogen-bond acceptors (Lipinski definition) is 3. The van der Waals surface area contributed by atoms with E-state index in [1.54, 1.807) is 12.3 Å². The lowest BCUT2D eigenvalue weighted by Gasteiger charge is -2.10.